The summed E-state index contributed by atoms with van der Waals surface area (Å²) in [5.74, 6) is 0.565. The minimum atomic E-state index is -0.185. The van der Waals surface area contributed by atoms with Crippen molar-refractivity contribution in [3.05, 3.63) is 58.6 Å². The average molecular weight is 389 g/mol. The Hall–Kier alpha value is -2.27. The van der Waals surface area contributed by atoms with E-state index < -0.39 is 0 Å². The fraction of sp³-hybridized carbons (Fsp3) is 0.211. The zero-order valence-electron chi connectivity index (χ0n) is 14.0. The maximum absolute atomic E-state index is 12.1. The topological polar surface area (TPSA) is 41.6 Å². The summed E-state index contributed by atoms with van der Waals surface area (Å²) in [6, 6.07) is 13.4. The maximum Gasteiger partial charge on any atom is 0.248 e. The first kappa shape index (κ1) is 18.1. The lowest BCUT2D eigenvalue weighted by Gasteiger charge is -2.12. The molecule has 0 aliphatic carbocycles. The number of nitrogens with one attached hydrogen (secondary N) is 1. The van der Waals surface area contributed by atoms with E-state index in [4.69, 9.17) is 4.74 Å². The fourth-order valence-electron chi connectivity index (χ4n) is 2.13. The molecule has 2 aromatic rings. The lowest BCUT2D eigenvalue weighted by Crippen LogP contribution is -2.10. The molecule has 5 heteroatoms. The number of amides is 1. The normalized spacial score (nSPS) is 10.7. The van der Waals surface area contributed by atoms with Gasteiger partial charge >= 0.3 is 0 Å². The second-order valence-corrected chi connectivity index (χ2v) is 6.29. The summed E-state index contributed by atoms with van der Waals surface area (Å²) in [7, 11) is 3.95. The largest absolute Gasteiger partial charge is 0.493 e. The first-order valence-corrected chi connectivity index (χ1v) is 8.47. The van der Waals surface area contributed by atoms with Crippen LogP contribution in [0.2, 0.25) is 0 Å². The molecule has 0 unspecified atom stereocenters. The van der Waals surface area contributed by atoms with Gasteiger partial charge in [0.15, 0.2) is 0 Å². The smallest absolute Gasteiger partial charge is 0.248 e. The molecule has 2 aromatic carbocycles. The van der Waals surface area contributed by atoms with E-state index in [9.17, 15) is 4.79 Å². The van der Waals surface area contributed by atoms with E-state index in [0.717, 1.165) is 27.2 Å². The van der Waals surface area contributed by atoms with E-state index in [0.29, 0.717) is 6.61 Å². The summed E-state index contributed by atoms with van der Waals surface area (Å²) in [6.45, 7) is 2.51. The van der Waals surface area contributed by atoms with Gasteiger partial charge in [0.2, 0.25) is 5.91 Å². The summed E-state index contributed by atoms with van der Waals surface area (Å²) in [5.41, 5.74) is 2.69. The van der Waals surface area contributed by atoms with Crippen molar-refractivity contribution in [1.82, 2.24) is 0 Å². The van der Waals surface area contributed by atoms with Gasteiger partial charge in [-0.25, -0.2) is 0 Å². The number of benzene rings is 2. The standard InChI is InChI=1S/C19H21BrN2O2/c1-4-24-18-11-6-15(20)13-14(18)5-12-19(23)21-16-7-9-17(10-8-16)22(2)3/h5-13H,4H2,1-3H3,(H,21,23)/b12-5+. The highest BCUT2D eigenvalue weighted by Crippen LogP contribution is 2.24. The van der Waals surface area contributed by atoms with E-state index in [1.807, 2.05) is 68.4 Å². The monoisotopic (exact) mass is 388 g/mol. The quantitative estimate of drug-likeness (QED) is 0.737. The summed E-state index contributed by atoms with van der Waals surface area (Å²) >= 11 is 3.43. The Morgan fingerprint density at radius 2 is 1.92 bits per heavy atom. The molecular formula is C19H21BrN2O2. The molecule has 1 amide bonds. The number of hydrogen-bond donors (Lipinski definition) is 1. The molecule has 2 rings (SSSR count). The molecule has 0 fully saturated rings. The molecule has 0 spiro atoms. The molecule has 0 saturated carbocycles. The van der Waals surface area contributed by atoms with Crippen LogP contribution < -0.4 is 15.0 Å². The van der Waals surface area contributed by atoms with E-state index in [1.165, 1.54) is 6.08 Å². The number of anilines is 2. The van der Waals surface area contributed by atoms with Crippen molar-refractivity contribution in [3.63, 3.8) is 0 Å². The minimum absolute atomic E-state index is 0.185. The third-order valence-electron chi connectivity index (χ3n) is 3.34. The number of ether oxygens (including phenoxy) is 1. The molecule has 126 valence electrons. The van der Waals surface area contributed by atoms with Crippen molar-refractivity contribution in [2.45, 2.75) is 6.92 Å². The Kier molecular flexibility index (Phi) is 6.44. The number of hydrogen-bond acceptors (Lipinski definition) is 3. The Labute approximate surface area is 151 Å². The Balaban J connectivity index is 2.06. The second-order valence-electron chi connectivity index (χ2n) is 5.38. The van der Waals surface area contributed by atoms with Gasteiger partial charge in [-0.05, 0) is 55.5 Å². The van der Waals surface area contributed by atoms with E-state index in [2.05, 4.69) is 21.2 Å². The van der Waals surface area contributed by atoms with Gasteiger partial charge in [0.1, 0.15) is 5.75 Å². The zero-order valence-corrected chi connectivity index (χ0v) is 15.6. The Morgan fingerprint density at radius 1 is 1.21 bits per heavy atom. The van der Waals surface area contributed by atoms with Crippen LogP contribution in [-0.2, 0) is 4.79 Å². The van der Waals surface area contributed by atoms with Crippen molar-refractivity contribution in [3.8, 4) is 5.75 Å². The van der Waals surface area contributed by atoms with Crippen LogP contribution in [0, 0.1) is 0 Å². The molecule has 4 nitrogen and oxygen atoms in total. The van der Waals surface area contributed by atoms with Crippen LogP contribution in [0.5, 0.6) is 5.75 Å². The van der Waals surface area contributed by atoms with Gasteiger partial charge in [0.25, 0.3) is 0 Å². The molecule has 0 heterocycles. The highest BCUT2D eigenvalue weighted by Gasteiger charge is 2.03. The zero-order chi connectivity index (χ0) is 17.5. The van der Waals surface area contributed by atoms with Crippen LogP contribution in [0.4, 0.5) is 11.4 Å². The van der Waals surface area contributed by atoms with Crippen LogP contribution in [0.3, 0.4) is 0 Å². The van der Waals surface area contributed by atoms with Crippen LogP contribution in [0.25, 0.3) is 6.08 Å². The second kappa shape index (κ2) is 8.55. The summed E-state index contributed by atoms with van der Waals surface area (Å²) in [4.78, 5) is 14.1. The third kappa shape index (κ3) is 5.13. The van der Waals surface area contributed by atoms with Gasteiger partial charge in [-0.3, -0.25) is 4.79 Å². The van der Waals surface area contributed by atoms with Crippen molar-refractivity contribution in [1.29, 1.82) is 0 Å². The molecule has 0 aromatic heterocycles. The van der Waals surface area contributed by atoms with E-state index in [1.54, 1.807) is 6.08 Å². The molecule has 0 aliphatic rings. The van der Waals surface area contributed by atoms with Crippen molar-refractivity contribution in [2.24, 2.45) is 0 Å². The van der Waals surface area contributed by atoms with Crippen molar-refractivity contribution >= 4 is 39.3 Å². The molecule has 0 saturated heterocycles. The molecular weight excluding hydrogens is 368 g/mol. The Bertz CT molecular complexity index is 725. The predicted molar refractivity (Wildman–Crippen MR) is 104 cm³/mol. The van der Waals surface area contributed by atoms with Gasteiger partial charge in [-0.1, -0.05) is 15.9 Å². The molecule has 24 heavy (non-hydrogen) atoms. The van der Waals surface area contributed by atoms with Gasteiger partial charge in [-0.2, -0.15) is 0 Å². The molecule has 0 atom stereocenters. The fourth-order valence-corrected chi connectivity index (χ4v) is 2.51. The van der Waals surface area contributed by atoms with Crippen LogP contribution in [-0.4, -0.2) is 26.6 Å². The third-order valence-corrected chi connectivity index (χ3v) is 3.83. The number of halogens is 1. The van der Waals surface area contributed by atoms with E-state index >= 15 is 0 Å². The summed E-state index contributed by atoms with van der Waals surface area (Å²) < 4.78 is 6.51. The van der Waals surface area contributed by atoms with Crippen LogP contribution >= 0.6 is 15.9 Å². The minimum Gasteiger partial charge on any atom is -0.493 e. The average Bonchev–Trinajstić information content (AvgIpc) is 2.55. The van der Waals surface area contributed by atoms with Crippen LogP contribution in [0.1, 0.15) is 12.5 Å². The van der Waals surface area contributed by atoms with Crippen LogP contribution in [0.15, 0.2) is 53.0 Å². The van der Waals surface area contributed by atoms with Crippen molar-refractivity contribution < 1.29 is 9.53 Å². The van der Waals surface area contributed by atoms with Crippen molar-refractivity contribution in [2.75, 3.05) is 30.9 Å². The molecule has 0 bridgehead atoms. The lowest BCUT2D eigenvalue weighted by molar-refractivity contribution is -0.111. The SMILES string of the molecule is CCOc1ccc(Br)cc1/C=C/C(=O)Nc1ccc(N(C)C)cc1. The van der Waals surface area contributed by atoms with Gasteiger partial charge in [0, 0.05) is 41.6 Å². The first-order chi connectivity index (χ1) is 11.5. The Morgan fingerprint density at radius 3 is 2.54 bits per heavy atom. The highest BCUT2D eigenvalue weighted by molar-refractivity contribution is 9.10. The molecule has 0 aliphatic heterocycles. The van der Waals surface area contributed by atoms with Gasteiger partial charge in [-0.15, -0.1) is 0 Å². The summed E-state index contributed by atoms with van der Waals surface area (Å²) in [5, 5.41) is 2.85. The van der Waals surface area contributed by atoms with Gasteiger partial charge in [0.05, 0.1) is 6.61 Å². The highest BCUT2D eigenvalue weighted by atomic mass is 79.9. The van der Waals surface area contributed by atoms with Gasteiger partial charge < -0.3 is 15.0 Å². The molecule has 1 N–H and O–H groups in total. The summed E-state index contributed by atoms with van der Waals surface area (Å²) in [6.07, 6.45) is 3.25. The number of carbonyl (C=O) groups excluding carboxylic acids is 1. The number of nitrogens with zero attached hydrogens (tertiary/aromatic N) is 1. The number of rotatable bonds is 6. The predicted octanol–water partition coefficient (Wildman–Crippen LogP) is 4.57. The lowest BCUT2D eigenvalue weighted by atomic mass is 10.2. The maximum atomic E-state index is 12.1. The first-order valence-electron chi connectivity index (χ1n) is 7.68. The number of carbonyl (C=O) groups is 1. The molecule has 0 radical (unpaired) electrons. The van der Waals surface area contributed by atoms with E-state index in [-0.39, 0.29) is 5.91 Å².